The first-order chi connectivity index (χ1) is 12.7. The van der Waals surface area contributed by atoms with Gasteiger partial charge in [-0.3, -0.25) is 4.79 Å². The number of nitrogens with one attached hydrogen (secondary N) is 2. The minimum absolute atomic E-state index is 0.114. The van der Waals surface area contributed by atoms with Crippen molar-refractivity contribution in [2.75, 3.05) is 33.9 Å². The van der Waals surface area contributed by atoms with E-state index in [-0.39, 0.29) is 5.91 Å². The number of benzene rings is 1. The first kappa shape index (κ1) is 18.7. The van der Waals surface area contributed by atoms with Crippen LogP contribution >= 0.6 is 11.3 Å². The number of rotatable bonds is 7. The predicted octanol–water partition coefficient (Wildman–Crippen LogP) is 2.60. The van der Waals surface area contributed by atoms with Crippen molar-refractivity contribution in [3.8, 4) is 11.5 Å². The third-order valence-electron chi connectivity index (χ3n) is 4.55. The highest BCUT2D eigenvalue weighted by Gasteiger charge is 2.20. The van der Waals surface area contributed by atoms with Crippen molar-refractivity contribution >= 4 is 17.2 Å². The number of amides is 1. The molecule has 1 aromatic heterocycles. The van der Waals surface area contributed by atoms with E-state index in [4.69, 9.17) is 9.47 Å². The Hall–Kier alpha value is -2.12. The van der Waals surface area contributed by atoms with Crippen LogP contribution in [-0.4, -0.2) is 44.7 Å². The number of thiazole rings is 1. The Morgan fingerprint density at radius 2 is 2.19 bits per heavy atom. The van der Waals surface area contributed by atoms with E-state index in [1.165, 1.54) is 0 Å². The molecular formula is C19H25N3O3S. The number of hydrogen-bond acceptors (Lipinski definition) is 6. The molecule has 140 valence electrons. The van der Waals surface area contributed by atoms with E-state index in [2.05, 4.69) is 15.6 Å². The Kier molecular flexibility index (Phi) is 6.46. The Morgan fingerprint density at radius 3 is 2.92 bits per heavy atom. The number of methoxy groups -OCH3 is 2. The normalized spacial score (nSPS) is 16.9. The number of carbonyl (C=O) groups excluding carboxylic acids is 1. The molecule has 1 fully saturated rings. The number of carbonyl (C=O) groups is 1. The van der Waals surface area contributed by atoms with Crippen LogP contribution in [0.2, 0.25) is 0 Å². The summed E-state index contributed by atoms with van der Waals surface area (Å²) >= 11 is 1.58. The molecule has 0 spiro atoms. The van der Waals surface area contributed by atoms with E-state index in [0.29, 0.717) is 29.7 Å². The van der Waals surface area contributed by atoms with Gasteiger partial charge in [-0.1, -0.05) is 6.07 Å². The van der Waals surface area contributed by atoms with Crippen LogP contribution in [0.3, 0.4) is 0 Å². The first-order valence-electron chi connectivity index (χ1n) is 8.86. The SMILES string of the molecule is COc1ccc(CCNC(=O)c2csc(C3CCCNC3)n2)cc1OC. The van der Waals surface area contributed by atoms with Crippen LogP contribution in [0.5, 0.6) is 11.5 Å². The van der Waals surface area contributed by atoms with Crippen molar-refractivity contribution in [2.24, 2.45) is 0 Å². The Morgan fingerprint density at radius 1 is 1.35 bits per heavy atom. The molecule has 6 nitrogen and oxygen atoms in total. The largest absolute Gasteiger partial charge is 0.493 e. The monoisotopic (exact) mass is 375 g/mol. The molecular weight excluding hydrogens is 350 g/mol. The molecule has 1 saturated heterocycles. The molecule has 2 N–H and O–H groups in total. The fraction of sp³-hybridized carbons (Fsp3) is 0.474. The maximum absolute atomic E-state index is 12.3. The Labute approximate surface area is 157 Å². The molecule has 26 heavy (non-hydrogen) atoms. The topological polar surface area (TPSA) is 72.5 Å². The molecule has 0 bridgehead atoms. The van der Waals surface area contributed by atoms with Gasteiger partial charge in [0.05, 0.1) is 19.2 Å². The number of hydrogen-bond donors (Lipinski definition) is 2. The lowest BCUT2D eigenvalue weighted by Gasteiger charge is -2.20. The average molecular weight is 375 g/mol. The highest BCUT2D eigenvalue weighted by molar-refractivity contribution is 7.09. The molecule has 2 aromatic rings. The average Bonchev–Trinajstić information content (AvgIpc) is 3.19. The van der Waals surface area contributed by atoms with Crippen LogP contribution in [0.4, 0.5) is 0 Å². The summed E-state index contributed by atoms with van der Waals surface area (Å²) in [5.74, 6) is 1.72. The first-order valence-corrected chi connectivity index (χ1v) is 9.74. The quantitative estimate of drug-likeness (QED) is 0.778. The number of aromatic nitrogens is 1. The lowest BCUT2D eigenvalue weighted by molar-refractivity contribution is 0.0949. The third kappa shape index (κ3) is 4.53. The van der Waals surface area contributed by atoms with Crippen LogP contribution < -0.4 is 20.1 Å². The van der Waals surface area contributed by atoms with Gasteiger partial charge >= 0.3 is 0 Å². The summed E-state index contributed by atoms with van der Waals surface area (Å²) in [6.45, 7) is 2.57. The second kappa shape index (κ2) is 9.00. The number of piperidine rings is 1. The zero-order chi connectivity index (χ0) is 18.4. The molecule has 0 aliphatic carbocycles. The zero-order valence-electron chi connectivity index (χ0n) is 15.2. The maximum atomic E-state index is 12.3. The lowest BCUT2D eigenvalue weighted by Crippen LogP contribution is -2.29. The molecule has 1 aromatic carbocycles. The second-order valence-electron chi connectivity index (χ2n) is 6.31. The summed E-state index contributed by atoms with van der Waals surface area (Å²) in [5.41, 5.74) is 1.60. The van der Waals surface area contributed by atoms with E-state index in [9.17, 15) is 4.79 Å². The van der Waals surface area contributed by atoms with Gasteiger partial charge in [0.15, 0.2) is 11.5 Å². The van der Waals surface area contributed by atoms with Gasteiger partial charge in [-0.15, -0.1) is 11.3 Å². The van der Waals surface area contributed by atoms with Gasteiger partial charge < -0.3 is 20.1 Å². The van der Waals surface area contributed by atoms with E-state index < -0.39 is 0 Å². The Bertz CT molecular complexity index is 741. The molecule has 0 saturated carbocycles. The zero-order valence-corrected chi connectivity index (χ0v) is 16.0. The predicted molar refractivity (Wildman–Crippen MR) is 103 cm³/mol. The molecule has 7 heteroatoms. The molecule has 1 aliphatic rings. The third-order valence-corrected chi connectivity index (χ3v) is 5.56. The molecule has 0 radical (unpaired) electrons. The molecule has 1 unspecified atom stereocenters. The van der Waals surface area contributed by atoms with E-state index >= 15 is 0 Å². The molecule has 1 atom stereocenters. The van der Waals surface area contributed by atoms with Crippen molar-refractivity contribution < 1.29 is 14.3 Å². The van der Waals surface area contributed by atoms with E-state index in [0.717, 1.165) is 42.9 Å². The minimum atomic E-state index is -0.114. The van der Waals surface area contributed by atoms with Crippen molar-refractivity contribution in [3.63, 3.8) is 0 Å². The van der Waals surface area contributed by atoms with Gasteiger partial charge in [-0.25, -0.2) is 4.98 Å². The van der Waals surface area contributed by atoms with Gasteiger partial charge in [-0.2, -0.15) is 0 Å². The minimum Gasteiger partial charge on any atom is -0.493 e. The fourth-order valence-electron chi connectivity index (χ4n) is 3.09. The molecule has 2 heterocycles. The standard InChI is InChI=1S/C19H25N3O3S/c1-24-16-6-5-13(10-17(16)25-2)7-9-21-18(23)15-12-26-19(22-15)14-4-3-8-20-11-14/h5-6,10,12,14,20H,3-4,7-9,11H2,1-2H3,(H,21,23). The summed E-state index contributed by atoms with van der Waals surface area (Å²) in [7, 11) is 3.23. The van der Waals surface area contributed by atoms with Gasteiger partial charge in [0.1, 0.15) is 5.69 Å². The number of ether oxygens (including phenoxy) is 2. The van der Waals surface area contributed by atoms with Crippen molar-refractivity contribution in [1.82, 2.24) is 15.6 Å². The van der Waals surface area contributed by atoms with Crippen LogP contribution in [0.15, 0.2) is 23.6 Å². The van der Waals surface area contributed by atoms with Crippen LogP contribution in [0, 0.1) is 0 Å². The van der Waals surface area contributed by atoms with Gasteiger partial charge in [-0.05, 0) is 43.5 Å². The smallest absolute Gasteiger partial charge is 0.270 e. The van der Waals surface area contributed by atoms with Crippen LogP contribution in [0.1, 0.15) is 39.8 Å². The van der Waals surface area contributed by atoms with Gasteiger partial charge in [0, 0.05) is 24.4 Å². The fourth-order valence-corrected chi connectivity index (χ4v) is 4.03. The summed E-state index contributed by atoms with van der Waals surface area (Å²) in [4.78, 5) is 16.9. The number of nitrogens with zero attached hydrogens (tertiary/aromatic N) is 1. The lowest BCUT2D eigenvalue weighted by atomic mass is 10.0. The van der Waals surface area contributed by atoms with Crippen molar-refractivity contribution in [3.05, 3.63) is 39.8 Å². The van der Waals surface area contributed by atoms with E-state index in [1.807, 2.05) is 23.6 Å². The van der Waals surface area contributed by atoms with Crippen molar-refractivity contribution in [2.45, 2.75) is 25.2 Å². The van der Waals surface area contributed by atoms with E-state index in [1.54, 1.807) is 25.6 Å². The van der Waals surface area contributed by atoms with Gasteiger partial charge in [0.25, 0.3) is 5.91 Å². The Balaban J connectivity index is 1.52. The summed E-state index contributed by atoms with van der Waals surface area (Å²) in [6, 6.07) is 5.79. The maximum Gasteiger partial charge on any atom is 0.270 e. The molecule has 3 rings (SSSR count). The summed E-state index contributed by atoms with van der Waals surface area (Å²) < 4.78 is 10.5. The highest BCUT2D eigenvalue weighted by Crippen LogP contribution is 2.28. The van der Waals surface area contributed by atoms with Crippen LogP contribution in [-0.2, 0) is 6.42 Å². The molecule has 1 aliphatic heterocycles. The highest BCUT2D eigenvalue weighted by atomic mass is 32.1. The van der Waals surface area contributed by atoms with Crippen molar-refractivity contribution in [1.29, 1.82) is 0 Å². The summed E-state index contributed by atoms with van der Waals surface area (Å²) in [5, 5.41) is 9.25. The van der Waals surface area contributed by atoms with Crippen LogP contribution in [0.25, 0.3) is 0 Å². The second-order valence-corrected chi connectivity index (χ2v) is 7.20. The van der Waals surface area contributed by atoms with Gasteiger partial charge in [0.2, 0.25) is 0 Å². The summed E-state index contributed by atoms with van der Waals surface area (Å²) in [6.07, 6.45) is 3.02. The molecule has 1 amide bonds.